The molecular formula is C44H49N7O7. The van der Waals surface area contributed by atoms with Gasteiger partial charge in [0.25, 0.3) is 0 Å². The van der Waals surface area contributed by atoms with E-state index in [-0.39, 0.29) is 48.9 Å². The highest BCUT2D eigenvalue weighted by molar-refractivity contribution is 6.06. The highest BCUT2D eigenvalue weighted by atomic mass is 16.5. The van der Waals surface area contributed by atoms with Crippen LogP contribution in [0, 0.1) is 11.3 Å². The van der Waals surface area contributed by atoms with E-state index in [1.54, 1.807) is 4.90 Å². The van der Waals surface area contributed by atoms with Gasteiger partial charge in [-0.25, -0.2) is 14.6 Å². The number of ether oxygens (including phenoxy) is 2. The minimum absolute atomic E-state index is 0.0691. The van der Waals surface area contributed by atoms with Crippen molar-refractivity contribution in [3.8, 4) is 11.1 Å². The first kappa shape index (κ1) is 38.6. The van der Waals surface area contributed by atoms with E-state index in [1.165, 1.54) is 14.2 Å². The van der Waals surface area contributed by atoms with Gasteiger partial charge in [-0.3, -0.25) is 9.59 Å². The Morgan fingerprint density at radius 2 is 1.66 bits per heavy atom. The number of imidazole rings is 1. The molecule has 4 N–H and O–H groups in total. The SMILES string of the molecule is C=C(CN(CC1(C)CC1)C(=O)CNC(=O)OC)N/C(=C\C)c1ccc2c(c1)oc1cc(-c3ccc4nc([C@@H]5[C@H]6CC[C@H](C6)N5C(=O)CNC(=O)OC)[nH]c4c3)ccc12. The number of nitrogens with one attached hydrogen (secondary N) is 4. The van der Waals surface area contributed by atoms with Crippen molar-refractivity contribution in [2.75, 3.05) is 40.4 Å². The Balaban J connectivity index is 0.984. The zero-order chi connectivity index (χ0) is 40.7. The first-order valence-corrected chi connectivity index (χ1v) is 19.8. The number of benzene rings is 3. The second kappa shape index (κ2) is 15.6. The summed E-state index contributed by atoms with van der Waals surface area (Å²) in [5.41, 5.74) is 7.64. The van der Waals surface area contributed by atoms with E-state index in [0.29, 0.717) is 18.2 Å². The number of carbonyl (C=O) groups excluding carboxylic acids is 4. The molecule has 302 valence electrons. The number of fused-ring (bicyclic) bond motifs is 6. The van der Waals surface area contributed by atoms with Crippen LogP contribution in [0.4, 0.5) is 9.59 Å². The van der Waals surface area contributed by atoms with Crippen LogP contribution in [-0.4, -0.2) is 90.2 Å². The molecule has 0 unspecified atom stereocenters. The normalized spacial score (nSPS) is 19.3. The van der Waals surface area contributed by atoms with Gasteiger partial charge in [0.2, 0.25) is 11.8 Å². The van der Waals surface area contributed by atoms with Crippen LogP contribution in [0.2, 0.25) is 0 Å². The summed E-state index contributed by atoms with van der Waals surface area (Å²) in [5, 5.41) is 10.4. The number of allylic oxidation sites excluding steroid dienone is 1. The molecule has 14 heteroatoms. The van der Waals surface area contributed by atoms with Crippen LogP contribution in [-0.2, 0) is 19.1 Å². The molecule has 2 saturated carbocycles. The summed E-state index contributed by atoms with van der Waals surface area (Å²) in [6.45, 7) is 8.93. The molecule has 3 aliphatic rings. The van der Waals surface area contributed by atoms with Gasteiger partial charge in [0.1, 0.15) is 30.1 Å². The fraction of sp³-hybridized carbons (Fsp3) is 0.386. The van der Waals surface area contributed by atoms with Gasteiger partial charge in [0.05, 0.1) is 37.8 Å². The average Bonchev–Trinajstić information content (AvgIpc) is 3.67. The number of methoxy groups -OCH3 is 2. The molecule has 14 nitrogen and oxygen atoms in total. The van der Waals surface area contributed by atoms with Crippen LogP contribution >= 0.6 is 0 Å². The third-order valence-electron chi connectivity index (χ3n) is 11.9. The number of hydrogen-bond acceptors (Lipinski definition) is 9. The van der Waals surface area contributed by atoms with Crippen molar-refractivity contribution in [2.24, 2.45) is 11.3 Å². The van der Waals surface area contributed by atoms with Gasteiger partial charge in [-0.15, -0.1) is 0 Å². The monoisotopic (exact) mass is 787 g/mol. The van der Waals surface area contributed by atoms with E-state index in [4.69, 9.17) is 9.40 Å². The van der Waals surface area contributed by atoms with Gasteiger partial charge < -0.3 is 44.6 Å². The molecule has 1 aliphatic heterocycles. The van der Waals surface area contributed by atoms with Crippen molar-refractivity contribution in [1.29, 1.82) is 0 Å². The van der Waals surface area contributed by atoms with E-state index < -0.39 is 12.2 Å². The fourth-order valence-electron chi connectivity index (χ4n) is 8.65. The van der Waals surface area contributed by atoms with E-state index in [2.05, 4.69) is 74.2 Å². The Hall–Kier alpha value is -6.31. The predicted octanol–water partition coefficient (Wildman–Crippen LogP) is 6.99. The summed E-state index contributed by atoms with van der Waals surface area (Å²) in [6.07, 6.45) is 5.69. The molecule has 5 aromatic rings. The number of piperidine rings is 1. The minimum Gasteiger partial charge on any atom is -0.456 e. The summed E-state index contributed by atoms with van der Waals surface area (Å²) >= 11 is 0. The number of aromatic nitrogens is 2. The molecule has 8 rings (SSSR count). The van der Waals surface area contributed by atoms with Crippen molar-refractivity contribution in [3.05, 3.63) is 84.3 Å². The second-order valence-electron chi connectivity index (χ2n) is 16.0. The van der Waals surface area contributed by atoms with Crippen molar-refractivity contribution in [3.63, 3.8) is 0 Å². The maximum atomic E-state index is 13.3. The van der Waals surface area contributed by atoms with Crippen LogP contribution in [0.5, 0.6) is 0 Å². The van der Waals surface area contributed by atoms with Gasteiger partial charge in [-0.1, -0.05) is 37.8 Å². The number of aromatic amines is 1. The Labute approximate surface area is 336 Å². The van der Waals surface area contributed by atoms with Crippen molar-refractivity contribution < 1.29 is 33.1 Å². The molecule has 3 fully saturated rings. The fourth-order valence-corrected chi connectivity index (χ4v) is 8.65. The van der Waals surface area contributed by atoms with Gasteiger partial charge in [0.15, 0.2) is 0 Å². The molecule has 1 saturated heterocycles. The number of carbonyl (C=O) groups is 4. The molecule has 2 bridgehead atoms. The van der Waals surface area contributed by atoms with Crippen LogP contribution in [0.25, 0.3) is 49.8 Å². The minimum atomic E-state index is -0.649. The summed E-state index contributed by atoms with van der Waals surface area (Å²) in [4.78, 5) is 61.8. The van der Waals surface area contributed by atoms with Crippen LogP contribution in [0.3, 0.4) is 0 Å². The number of nitrogens with zero attached hydrogens (tertiary/aromatic N) is 3. The second-order valence-corrected chi connectivity index (χ2v) is 16.0. The summed E-state index contributed by atoms with van der Waals surface area (Å²) < 4.78 is 15.8. The lowest BCUT2D eigenvalue weighted by atomic mass is 9.98. The van der Waals surface area contributed by atoms with Gasteiger partial charge in [-0.2, -0.15) is 0 Å². The molecule has 3 heterocycles. The molecule has 0 radical (unpaired) electrons. The average molecular weight is 788 g/mol. The highest BCUT2D eigenvalue weighted by Gasteiger charge is 2.49. The number of amides is 4. The number of H-pyrrole nitrogens is 1. The number of furan rings is 1. The zero-order valence-corrected chi connectivity index (χ0v) is 33.3. The molecular weight excluding hydrogens is 739 g/mol. The Kier molecular flexibility index (Phi) is 10.3. The molecule has 3 aromatic carbocycles. The smallest absolute Gasteiger partial charge is 0.407 e. The van der Waals surface area contributed by atoms with E-state index in [1.807, 2.05) is 42.2 Å². The highest BCUT2D eigenvalue weighted by Crippen LogP contribution is 2.50. The molecule has 2 aliphatic carbocycles. The molecule has 3 atom stereocenters. The quantitative estimate of drug-likeness (QED) is 0.0983. The zero-order valence-electron chi connectivity index (χ0n) is 33.3. The lowest BCUT2D eigenvalue weighted by molar-refractivity contribution is -0.135. The van der Waals surface area contributed by atoms with Gasteiger partial charge in [0, 0.05) is 40.3 Å². The van der Waals surface area contributed by atoms with E-state index >= 15 is 0 Å². The van der Waals surface area contributed by atoms with E-state index in [0.717, 1.165) is 93.3 Å². The summed E-state index contributed by atoms with van der Waals surface area (Å²) in [7, 11) is 2.55. The number of hydrogen-bond donors (Lipinski definition) is 4. The van der Waals surface area contributed by atoms with E-state index in [9.17, 15) is 19.2 Å². The molecule has 0 spiro atoms. The topological polar surface area (TPSA) is 171 Å². The lowest BCUT2D eigenvalue weighted by Crippen LogP contribution is -2.45. The van der Waals surface area contributed by atoms with Gasteiger partial charge in [-0.05, 0) is 97.9 Å². The van der Waals surface area contributed by atoms with Crippen LogP contribution in [0.1, 0.15) is 63.4 Å². The number of alkyl carbamates (subject to hydrolysis) is 2. The number of rotatable bonds is 13. The standard InChI is InChI=1S/C44H49N7O7/c1-6-33(47-25(2)23-50(24-44(3)15-16-44)38(52)21-45-42(54)56-4)28-9-13-32-31-12-8-27(19-36(31)58-37(32)20-28)26-10-14-34-35(18-26)49-41(48-34)40-29-7-11-30(17-29)51(40)39(53)22-46-43(55)57-5/h6,8-10,12-14,18-20,29-30,40,47H,2,7,11,15-17,21-24H2,1,3-5H3,(H,45,54)(H,46,55)(H,48,49)/b33-6-/t29-,30+,40-/m0/s1. The molecule has 2 aromatic heterocycles. The largest absolute Gasteiger partial charge is 0.456 e. The van der Waals surface area contributed by atoms with Crippen molar-refractivity contribution in [2.45, 2.75) is 58.0 Å². The Morgan fingerprint density at radius 3 is 2.38 bits per heavy atom. The van der Waals surface area contributed by atoms with Crippen LogP contribution < -0.4 is 16.0 Å². The molecule has 4 amide bonds. The third-order valence-corrected chi connectivity index (χ3v) is 11.9. The predicted molar refractivity (Wildman–Crippen MR) is 220 cm³/mol. The van der Waals surface area contributed by atoms with Gasteiger partial charge >= 0.3 is 12.2 Å². The first-order chi connectivity index (χ1) is 27.9. The molecule has 58 heavy (non-hydrogen) atoms. The maximum Gasteiger partial charge on any atom is 0.407 e. The van der Waals surface area contributed by atoms with Crippen LogP contribution in [0.15, 0.2) is 77.4 Å². The summed E-state index contributed by atoms with van der Waals surface area (Å²) in [5.74, 6) is 0.731. The Morgan fingerprint density at radius 1 is 0.966 bits per heavy atom. The van der Waals surface area contributed by atoms with Crippen molar-refractivity contribution in [1.82, 2.24) is 35.7 Å². The first-order valence-electron chi connectivity index (χ1n) is 19.8. The number of likely N-dealkylation sites (tertiary alicyclic amines) is 1. The Bertz CT molecular complexity index is 2480. The van der Waals surface area contributed by atoms with Crippen molar-refractivity contribution >= 4 is 62.7 Å². The summed E-state index contributed by atoms with van der Waals surface area (Å²) in [6, 6.07) is 18.4. The third kappa shape index (κ3) is 7.70. The lowest BCUT2D eigenvalue weighted by Gasteiger charge is -2.34. The maximum absolute atomic E-state index is 13.3.